The number of benzene rings is 1. The van der Waals surface area contributed by atoms with Gasteiger partial charge in [-0.2, -0.15) is 0 Å². The number of nitrogens with zero attached hydrogens (tertiary/aromatic N) is 2. The van der Waals surface area contributed by atoms with E-state index in [1.54, 1.807) is 4.90 Å². The molecule has 134 valence electrons. The van der Waals surface area contributed by atoms with Gasteiger partial charge in [0.15, 0.2) is 0 Å². The van der Waals surface area contributed by atoms with Crippen LogP contribution < -0.4 is 0 Å². The first-order valence-corrected chi connectivity index (χ1v) is 8.77. The van der Waals surface area contributed by atoms with Crippen LogP contribution in [-0.2, 0) is 22.6 Å². The molecule has 0 N–H and O–H groups in total. The first-order valence-electron chi connectivity index (χ1n) is 8.77. The summed E-state index contributed by atoms with van der Waals surface area (Å²) in [6.07, 6.45) is 0.354. The summed E-state index contributed by atoms with van der Waals surface area (Å²) in [6.45, 7) is 5.66. The number of furan rings is 1. The van der Waals surface area contributed by atoms with Crippen molar-refractivity contribution in [3.05, 3.63) is 59.5 Å². The fourth-order valence-corrected chi connectivity index (χ4v) is 3.13. The number of morpholine rings is 1. The molecule has 25 heavy (non-hydrogen) atoms. The van der Waals surface area contributed by atoms with E-state index in [1.807, 2.05) is 32.2 Å². The second kappa shape index (κ2) is 8.32. The van der Waals surface area contributed by atoms with Crippen LogP contribution in [0.3, 0.4) is 0 Å². The number of rotatable bonds is 6. The summed E-state index contributed by atoms with van der Waals surface area (Å²) in [5.74, 6) is 1.76. The van der Waals surface area contributed by atoms with E-state index in [0.717, 1.165) is 31.2 Å². The highest BCUT2D eigenvalue weighted by atomic mass is 16.5. The summed E-state index contributed by atoms with van der Waals surface area (Å²) in [6, 6.07) is 14.2. The molecule has 1 saturated heterocycles. The smallest absolute Gasteiger partial charge is 0.225 e. The molecule has 1 aliphatic rings. The average Bonchev–Trinajstić information content (AvgIpc) is 3.01. The van der Waals surface area contributed by atoms with Crippen LogP contribution in [0.15, 0.2) is 46.9 Å². The fourth-order valence-electron chi connectivity index (χ4n) is 3.13. The maximum absolute atomic E-state index is 12.5. The topological polar surface area (TPSA) is 45.9 Å². The summed E-state index contributed by atoms with van der Waals surface area (Å²) in [7, 11) is 1.81. The van der Waals surface area contributed by atoms with Gasteiger partial charge in [0.05, 0.1) is 25.7 Å². The van der Waals surface area contributed by atoms with Gasteiger partial charge in [-0.1, -0.05) is 30.3 Å². The monoisotopic (exact) mass is 342 g/mol. The number of carbonyl (C=O) groups is 1. The Hall–Kier alpha value is -2.11. The van der Waals surface area contributed by atoms with Crippen LogP contribution in [0.2, 0.25) is 0 Å². The first kappa shape index (κ1) is 17.7. The Labute approximate surface area is 149 Å². The van der Waals surface area contributed by atoms with Gasteiger partial charge in [0.2, 0.25) is 5.91 Å². The van der Waals surface area contributed by atoms with Crippen molar-refractivity contribution in [3.63, 3.8) is 0 Å². The Morgan fingerprint density at radius 2 is 2.04 bits per heavy atom. The van der Waals surface area contributed by atoms with E-state index in [0.29, 0.717) is 19.6 Å². The van der Waals surface area contributed by atoms with Crippen molar-refractivity contribution in [1.82, 2.24) is 9.80 Å². The largest absolute Gasteiger partial charge is 0.464 e. The Morgan fingerprint density at radius 1 is 1.24 bits per heavy atom. The molecular weight excluding hydrogens is 316 g/mol. The van der Waals surface area contributed by atoms with Crippen molar-refractivity contribution >= 4 is 5.91 Å². The minimum atomic E-state index is -0.0502. The van der Waals surface area contributed by atoms with E-state index < -0.39 is 0 Å². The van der Waals surface area contributed by atoms with Gasteiger partial charge in [-0.05, 0) is 24.6 Å². The van der Waals surface area contributed by atoms with Crippen LogP contribution >= 0.6 is 0 Å². The van der Waals surface area contributed by atoms with Gasteiger partial charge in [-0.15, -0.1) is 0 Å². The zero-order valence-electron chi connectivity index (χ0n) is 15.0. The lowest BCUT2D eigenvalue weighted by atomic mass is 10.1. The second-order valence-electron chi connectivity index (χ2n) is 6.68. The van der Waals surface area contributed by atoms with Gasteiger partial charge in [0, 0.05) is 26.7 Å². The van der Waals surface area contributed by atoms with Crippen LogP contribution in [0.25, 0.3) is 0 Å². The van der Waals surface area contributed by atoms with Crippen molar-refractivity contribution in [2.75, 3.05) is 26.7 Å². The third-order valence-corrected chi connectivity index (χ3v) is 4.49. The molecule has 0 aliphatic carbocycles. The molecule has 0 bridgehead atoms. The lowest BCUT2D eigenvalue weighted by Crippen LogP contribution is -2.44. The molecule has 3 rings (SSSR count). The Morgan fingerprint density at radius 3 is 2.76 bits per heavy atom. The molecule has 1 aromatic heterocycles. The number of ether oxygens (including phenoxy) is 1. The van der Waals surface area contributed by atoms with E-state index in [1.165, 1.54) is 5.56 Å². The van der Waals surface area contributed by atoms with E-state index in [4.69, 9.17) is 9.15 Å². The SMILES string of the molecule is Cc1ccc(CN(C)C(=O)CC2CN(Cc3ccccc3)CCO2)o1. The minimum Gasteiger partial charge on any atom is -0.464 e. The van der Waals surface area contributed by atoms with Gasteiger partial charge in [-0.25, -0.2) is 0 Å². The summed E-state index contributed by atoms with van der Waals surface area (Å²) in [5, 5.41) is 0. The molecule has 0 spiro atoms. The zero-order chi connectivity index (χ0) is 17.6. The molecule has 0 saturated carbocycles. The number of hydrogen-bond donors (Lipinski definition) is 0. The van der Waals surface area contributed by atoms with Crippen LogP contribution in [0, 0.1) is 6.92 Å². The predicted molar refractivity (Wildman–Crippen MR) is 96.0 cm³/mol. The van der Waals surface area contributed by atoms with Crippen LogP contribution in [0.5, 0.6) is 0 Å². The minimum absolute atomic E-state index is 0.0502. The highest BCUT2D eigenvalue weighted by Gasteiger charge is 2.24. The summed E-state index contributed by atoms with van der Waals surface area (Å²) >= 11 is 0. The lowest BCUT2D eigenvalue weighted by Gasteiger charge is -2.33. The molecule has 5 nitrogen and oxygen atoms in total. The Kier molecular flexibility index (Phi) is 5.89. The second-order valence-corrected chi connectivity index (χ2v) is 6.68. The van der Waals surface area contributed by atoms with Crippen molar-refractivity contribution < 1.29 is 13.9 Å². The van der Waals surface area contributed by atoms with E-state index in [-0.39, 0.29) is 12.0 Å². The molecule has 1 amide bonds. The molecule has 1 unspecified atom stereocenters. The molecule has 1 atom stereocenters. The van der Waals surface area contributed by atoms with E-state index in [2.05, 4.69) is 29.2 Å². The first-order chi connectivity index (χ1) is 12.1. The third-order valence-electron chi connectivity index (χ3n) is 4.49. The molecule has 1 aromatic carbocycles. The Balaban J connectivity index is 1.48. The van der Waals surface area contributed by atoms with Crippen molar-refractivity contribution in [1.29, 1.82) is 0 Å². The quantitative estimate of drug-likeness (QED) is 0.810. The fraction of sp³-hybridized carbons (Fsp3) is 0.450. The van der Waals surface area contributed by atoms with Crippen molar-refractivity contribution in [2.24, 2.45) is 0 Å². The molecule has 1 aliphatic heterocycles. The molecular formula is C20H26N2O3. The van der Waals surface area contributed by atoms with E-state index >= 15 is 0 Å². The predicted octanol–water partition coefficient (Wildman–Crippen LogP) is 2.84. The van der Waals surface area contributed by atoms with Crippen LogP contribution in [0.1, 0.15) is 23.5 Å². The number of aryl methyl sites for hydroxylation is 1. The normalized spacial score (nSPS) is 18.2. The highest BCUT2D eigenvalue weighted by Crippen LogP contribution is 2.15. The maximum Gasteiger partial charge on any atom is 0.225 e. The summed E-state index contributed by atoms with van der Waals surface area (Å²) in [4.78, 5) is 16.5. The molecule has 2 heterocycles. The summed E-state index contributed by atoms with van der Waals surface area (Å²) in [5.41, 5.74) is 1.29. The Bertz CT molecular complexity index is 683. The van der Waals surface area contributed by atoms with Crippen molar-refractivity contribution in [3.8, 4) is 0 Å². The van der Waals surface area contributed by atoms with E-state index in [9.17, 15) is 4.79 Å². The van der Waals surface area contributed by atoms with Gasteiger partial charge in [0.1, 0.15) is 11.5 Å². The lowest BCUT2D eigenvalue weighted by molar-refractivity contribution is -0.135. The van der Waals surface area contributed by atoms with Gasteiger partial charge in [-0.3, -0.25) is 9.69 Å². The van der Waals surface area contributed by atoms with Crippen LogP contribution in [0.4, 0.5) is 0 Å². The summed E-state index contributed by atoms with van der Waals surface area (Å²) < 4.78 is 11.4. The molecule has 2 aromatic rings. The highest BCUT2D eigenvalue weighted by molar-refractivity contribution is 5.76. The number of hydrogen-bond acceptors (Lipinski definition) is 4. The van der Waals surface area contributed by atoms with Gasteiger partial charge >= 0.3 is 0 Å². The number of carbonyl (C=O) groups excluding carboxylic acids is 1. The van der Waals surface area contributed by atoms with Crippen molar-refractivity contribution in [2.45, 2.75) is 32.5 Å². The molecule has 0 radical (unpaired) electrons. The van der Waals surface area contributed by atoms with Gasteiger partial charge < -0.3 is 14.1 Å². The average molecular weight is 342 g/mol. The number of amides is 1. The third kappa shape index (κ3) is 5.18. The standard InChI is InChI=1S/C20H26N2O3/c1-16-8-9-18(25-16)14-21(2)20(23)12-19-15-22(10-11-24-19)13-17-6-4-3-5-7-17/h3-9,19H,10-15H2,1-2H3. The van der Waals surface area contributed by atoms with Crippen LogP contribution in [-0.4, -0.2) is 48.6 Å². The molecule has 1 fully saturated rings. The van der Waals surface area contributed by atoms with Gasteiger partial charge in [0.25, 0.3) is 0 Å². The molecule has 5 heteroatoms. The zero-order valence-corrected chi connectivity index (χ0v) is 15.0. The maximum atomic E-state index is 12.5.